The van der Waals surface area contributed by atoms with Gasteiger partial charge in [-0.05, 0) is 51.8 Å². The molecule has 1 N–H and O–H groups in total. The Morgan fingerprint density at radius 3 is 2.52 bits per heavy atom. The lowest BCUT2D eigenvalue weighted by atomic mass is 10.1. The van der Waals surface area contributed by atoms with Crippen LogP contribution in [0.2, 0.25) is 0 Å². The molecule has 0 saturated heterocycles. The average molecular weight is 480 g/mol. The highest BCUT2D eigenvalue weighted by atomic mass is 79.9. The van der Waals surface area contributed by atoms with Gasteiger partial charge >= 0.3 is 0 Å². The Morgan fingerprint density at radius 2 is 1.74 bits per heavy atom. The highest BCUT2D eigenvalue weighted by Gasteiger charge is 2.10. The van der Waals surface area contributed by atoms with Crippen LogP contribution in [0.3, 0.4) is 0 Å². The van der Waals surface area contributed by atoms with Crippen LogP contribution in [0.4, 0.5) is 10.2 Å². The number of hydrogen-bond donors (Lipinski definition) is 1. The second kappa shape index (κ2) is 9.57. The predicted molar refractivity (Wildman–Crippen MR) is 121 cm³/mol. The number of benzene rings is 3. The van der Waals surface area contributed by atoms with Crippen molar-refractivity contribution in [2.24, 2.45) is 0 Å². The highest BCUT2D eigenvalue weighted by molar-refractivity contribution is 9.10. The van der Waals surface area contributed by atoms with E-state index in [0.29, 0.717) is 23.6 Å². The zero-order valence-corrected chi connectivity index (χ0v) is 18.0. The van der Waals surface area contributed by atoms with Crippen molar-refractivity contribution in [1.29, 1.82) is 0 Å². The molecule has 0 aliphatic rings. The molecule has 1 heterocycles. The number of rotatable bonds is 7. The summed E-state index contributed by atoms with van der Waals surface area (Å²) in [6.07, 6.45) is 1.70. The summed E-state index contributed by atoms with van der Waals surface area (Å²) in [6, 6.07) is 23.0. The molecule has 156 valence electrons. The lowest BCUT2D eigenvalue weighted by Gasteiger charge is -2.08. The van der Waals surface area contributed by atoms with Crippen molar-refractivity contribution in [3.05, 3.63) is 112 Å². The summed E-state index contributed by atoms with van der Waals surface area (Å²) in [5.41, 5.74) is 1.98. The molecule has 0 radical (unpaired) electrons. The second-order valence-electron chi connectivity index (χ2n) is 6.86. The van der Waals surface area contributed by atoms with E-state index >= 15 is 0 Å². The molecule has 0 aliphatic heterocycles. The maximum absolute atomic E-state index is 13.8. The Hall–Kier alpha value is -3.45. The summed E-state index contributed by atoms with van der Waals surface area (Å²) >= 11 is 3.45. The summed E-state index contributed by atoms with van der Waals surface area (Å²) in [7, 11) is 0. The molecule has 0 bridgehead atoms. The third-order valence-corrected chi connectivity index (χ3v) is 5.27. The Labute approximate surface area is 187 Å². The van der Waals surface area contributed by atoms with Gasteiger partial charge in [-0.3, -0.25) is 9.48 Å². The van der Waals surface area contributed by atoms with Gasteiger partial charge in [0.1, 0.15) is 18.2 Å². The molecule has 0 spiro atoms. The molecule has 0 unspecified atom stereocenters. The van der Waals surface area contributed by atoms with E-state index in [4.69, 9.17) is 4.74 Å². The maximum atomic E-state index is 13.8. The minimum absolute atomic E-state index is 0.269. The number of nitrogens with zero attached hydrogens (tertiary/aromatic N) is 2. The van der Waals surface area contributed by atoms with Crippen LogP contribution in [0.15, 0.2) is 89.5 Å². The Bertz CT molecular complexity index is 1190. The van der Waals surface area contributed by atoms with Crippen LogP contribution in [0.5, 0.6) is 5.75 Å². The summed E-state index contributed by atoms with van der Waals surface area (Å²) in [5, 5.41) is 7.06. The average Bonchev–Trinajstić information content (AvgIpc) is 3.22. The van der Waals surface area contributed by atoms with Gasteiger partial charge in [-0.15, -0.1) is 0 Å². The first-order chi connectivity index (χ1) is 15.1. The number of amides is 1. The zero-order chi connectivity index (χ0) is 21.6. The van der Waals surface area contributed by atoms with Gasteiger partial charge in [-0.1, -0.05) is 42.5 Å². The van der Waals surface area contributed by atoms with Crippen LogP contribution < -0.4 is 10.1 Å². The van der Waals surface area contributed by atoms with Gasteiger partial charge in [0.25, 0.3) is 5.91 Å². The van der Waals surface area contributed by atoms with E-state index in [1.54, 1.807) is 47.3 Å². The lowest BCUT2D eigenvalue weighted by Crippen LogP contribution is -2.13. The lowest BCUT2D eigenvalue weighted by molar-refractivity contribution is 0.102. The number of ether oxygens (including phenoxy) is 1. The molecule has 4 rings (SSSR count). The third-order valence-electron chi connectivity index (χ3n) is 4.62. The van der Waals surface area contributed by atoms with E-state index in [-0.39, 0.29) is 18.3 Å². The molecule has 0 saturated carbocycles. The summed E-state index contributed by atoms with van der Waals surface area (Å²) in [5.74, 6) is 0.611. The topological polar surface area (TPSA) is 56.2 Å². The summed E-state index contributed by atoms with van der Waals surface area (Å²) in [4.78, 5) is 12.5. The fourth-order valence-electron chi connectivity index (χ4n) is 2.98. The number of para-hydroxylation sites is 1. The van der Waals surface area contributed by atoms with E-state index in [2.05, 4.69) is 26.3 Å². The number of anilines is 1. The molecule has 31 heavy (non-hydrogen) atoms. The zero-order valence-electron chi connectivity index (χ0n) is 16.5. The molecule has 5 nitrogen and oxygen atoms in total. The Kier molecular flexibility index (Phi) is 6.43. The third kappa shape index (κ3) is 5.38. The molecule has 3 aromatic carbocycles. The van der Waals surface area contributed by atoms with E-state index in [1.165, 1.54) is 6.07 Å². The number of nitrogens with one attached hydrogen (secondary N) is 1. The fraction of sp³-hybridized carbons (Fsp3) is 0.0833. The monoisotopic (exact) mass is 479 g/mol. The predicted octanol–water partition coefficient (Wildman–Crippen LogP) is 5.66. The van der Waals surface area contributed by atoms with Gasteiger partial charge in [0.15, 0.2) is 5.82 Å². The first-order valence-corrected chi connectivity index (χ1v) is 10.4. The van der Waals surface area contributed by atoms with Crippen molar-refractivity contribution in [3.63, 3.8) is 0 Å². The van der Waals surface area contributed by atoms with Gasteiger partial charge in [0.05, 0.1) is 11.0 Å². The smallest absolute Gasteiger partial charge is 0.256 e. The van der Waals surface area contributed by atoms with Crippen molar-refractivity contribution in [3.8, 4) is 5.75 Å². The molecule has 0 fully saturated rings. The van der Waals surface area contributed by atoms with E-state index in [1.807, 2.05) is 36.4 Å². The van der Waals surface area contributed by atoms with E-state index in [0.717, 1.165) is 15.8 Å². The van der Waals surface area contributed by atoms with Gasteiger partial charge in [0, 0.05) is 23.4 Å². The molecular formula is C24H19BrFN3O2. The Morgan fingerprint density at radius 1 is 1.00 bits per heavy atom. The van der Waals surface area contributed by atoms with Crippen molar-refractivity contribution in [1.82, 2.24) is 9.78 Å². The standard InChI is InChI=1S/C24H19BrFN3O2/c25-20-6-2-4-8-22(20)31-16-17-9-11-18(12-10-17)24(30)27-23-13-14-29(28-23)15-19-5-1-3-7-21(19)26/h1-14H,15-16H2,(H,27,28,30). The van der Waals surface area contributed by atoms with E-state index in [9.17, 15) is 9.18 Å². The quantitative estimate of drug-likeness (QED) is 0.371. The first kappa shape index (κ1) is 20.8. The van der Waals surface area contributed by atoms with Crippen LogP contribution in [0, 0.1) is 5.82 Å². The van der Waals surface area contributed by atoms with Gasteiger partial charge in [0.2, 0.25) is 0 Å². The van der Waals surface area contributed by atoms with Gasteiger partial charge < -0.3 is 10.1 Å². The summed E-state index contributed by atoms with van der Waals surface area (Å²) in [6.45, 7) is 0.680. The largest absolute Gasteiger partial charge is 0.488 e. The Balaban J connectivity index is 1.34. The number of carbonyl (C=O) groups is 1. The fourth-order valence-corrected chi connectivity index (χ4v) is 3.38. The van der Waals surface area contributed by atoms with Crippen LogP contribution in [-0.2, 0) is 13.2 Å². The number of aromatic nitrogens is 2. The van der Waals surface area contributed by atoms with Gasteiger partial charge in [-0.2, -0.15) is 5.10 Å². The number of halogens is 2. The molecule has 4 aromatic rings. The van der Waals surface area contributed by atoms with Crippen LogP contribution in [0.1, 0.15) is 21.5 Å². The summed E-state index contributed by atoms with van der Waals surface area (Å²) < 4.78 is 22.1. The van der Waals surface area contributed by atoms with Crippen LogP contribution in [0.25, 0.3) is 0 Å². The first-order valence-electron chi connectivity index (χ1n) is 9.63. The minimum Gasteiger partial charge on any atom is -0.488 e. The van der Waals surface area contributed by atoms with Crippen molar-refractivity contribution < 1.29 is 13.9 Å². The highest BCUT2D eigenvalue weighted by Crippen LogP contribution is 2.24. The molecule has 0 atom stereocenters. The molecular weight excluding hydrogens is 461 g/mol. The molecule has 1 aromatic heterocycles. The van der Waals surface area contributed by atoms with Crippen molar-refractivity contribution >= 4 is 27.7 Å². The van der Waals surface area contributed by atoms with Crippen molar-refractivity contribution in [2.75, 3.05) is 5.32 Å². The SMILES string of the molecule is O=C(Nc1ccn(Cc2ccccc2F)n1)c1ccc(COc2ccccc2Br)cc1. The molecule has 0 aliphatic carbocycles. The normalized spacial score (nSPS) is 10.6. The van der Waals surface area contributed by atoms with Crippen LogP contribution >= 0.6 is 15.9 Å². The molecule has 7 heteroatoms. The number of hydrogen-bond acceptors (Lipinski definition) is 3. The van der Waals surface area contributed by atoms with Crippen molar-refractivity contribution in [2.45, 2.75) is 13.2 Å². The maximum Gasteiger partial charge on any atom is 0.256 e. The van der Waals surface area contributed by atoms with Gasteiger partial charge in [-0.25, -0.2) is 4.39 Å². The minimum atomic E-state index is -0.285. The van der Waals surface area contributed by atoms with E-state index < -0.39 is 0 Å². The second-order valence-corrected chi connectivity index (χ2v) is 7.71. The molecule has 1 amide bonds. The number of carbonyl (C=O) groups excluding carboxylic acids is 1. The van der Waals surface area contributed by atoms with Crippen LogP contribution in [-0.4, -0.2) is 15.7 Å².